The van der Waals surface area contributed by atoms with Crippen LogP contribution in [0, 0.1) is 0 Å². The van der Waals surface area contributed by atoms with Crippen LogP contribution in [0.15, 0.2) is 212 Å². The molecular formula is C55H41N. The summed E-state index contributed by atoms with van der Waals surface area (Å²) in [5, 5.41) is 2.54. The summed E-state index contributed by atoms with van der Waals surface area (Å²) in [5.41, 5.74) is 18.4. The molecule has 0 aromatic heterocycles. The summed E-state index contributed by atoms with van der Waals surface area (Å²) in [4.78, 5) is 2.38. The van der Waals surface area contributed by atoms with Crippen molar-refractivity contribution >= 4 is 27.8 Å². The van der Waals surface area contributed by atoms with Crippen LogP contribution < -0.4 is 4.90 Å². The lowest BCUT2D eigenvalue weighted by atomic mass is 9.81. The molecule has 9 aromatic carbocycles. The first-order valence-corrected chi connectivity index (χ1v) is 19.5. The molecule has 0 heterocycles. The normalized spacial score (nSPS) is 12.6. The van der Waals surface area contributed by atoms with E-state index in [0.29, 0.717) is 0 Å². The molecule has 56 heavy (non-hydrogen) atoms. The molecule has 0 atom stereocenters. The number of para-hydroxylation sites is 1. The minimum atomic E-state index is -0.167. The molecule has 0 N–H and O–H groups in total. The van der Waals surface area contributed by atoms with E-state index < -0.39 is 0 Å². The molecule has 1 nitrogen and oxygen atoms in total. The van der Waals surface area contributed by atoms with Crippen LogP contribution in [0.3, 0.4) is 0 Å². The van der Waals surface area contributed by atoms with Crippen molar-refractivity contribution in [3.8, 4) is 55.6 Å². The summed E-state index contributed by atoms with van der Waals surface area (Å²) in [6.07, 6.45) is 0. The predicted octanol–water partition coefficient (Wildman–Crippen LogP) is 15.3. The van der Waals surface area contributed by atoms with Gasteiger partial charge in [0, 0.05) is 22.5 Å². The molecule has 0 saturated carbocycles. The van der Waals surface area contributed by atoms with E-state index in [-0.39, 0.29) is 5.41 Å². The molecule has 1 aliphatic rings. The van der Waals surface area contributed by atoms with Gasteiger partial charge in [-0.05, 0) is 126 Å². The zero-order chi connectivity index (χ0) is 37.6. The molecular weight excluding hydrogens is 675 g/mol. The maximum Gasteiger partial charge on any atom is 0.0465 e. The second kappa shape index (κ2) is 13.7. The highest BCUT2D eigenvalue weighted by molar-refractivity contribution is 5.89. The fraction of sp³-hybridized carbons (Fsp3) is 0.0545. The van der Waals surface area contributed by atoms with E-state index in [1.54, 1.807) is 0 Å². The van der Waals surface area contributed by atoms with Gasteiger partial charge in [0.25, 0.3) is 0 Å². The lowest BCUT2D eigenvalue weighted by Gasteiger charge is -2.28. The van der Waals surface area contributed by atoms with Crippen molar-refractivity contribution in [3.63, 3.8) is 0 Å². The summed E-state index contributed by atoms with van der Waals surface area (Å²) in [7, 11) is 0. The van der Waals surface area contributed by atoms with Crippen molar-refractivity contribution in [2.45, 2.75) is 19.3 Å². The monoisotopic (exact) mass is 715 g/mol. The third-order valence-corrected chi connectivity index (χ3v) is 11.7. The van der Waals surface area contributed by atoms with Crippen LogP contribution in [0.1, 0.15) is 25.0 Å². The van der Waals surface area contributed by atoms with Crippen LogP contribution in [-0.4, -0.2) is 0 Å². The molecule has 0 aliphatic heterocycles. The third kappa shape index (κ3) is 5.99. The van der Waals surface area contributed by atoms with E-state index in [4.69, 9.17) is 0 Å². The van der Waals surface area contributed by atoms with Crippen molar-refractivity contribution in [3.05, 3.63) is 223 Å². The van der Waals surface area contributed by atoms with Crippen molar-refractivity contribution < 1.29 is 0 Å². The van der Waals surface area contributed by atoms with Gasteiger partial charge in [-0.2, -0.15) is 0 Å². The fourth-order valence-corrected chi connectivity index (χ4v) is 8.58. The van der Waals surface area contributed by atoms with Gasteiger partial charge in [-0.25, -0.2) is 0 Å². The van der Waals surface area contributed by atoms with Crippen LogP contribution in [-0.2, 0) is 5.41 Å². The number of hydrogen-bond donors (Lipinski definition) is 0. The quantitative estimate of drug-likeness (QED) is 0.159. The Labute approximate surface area is 329 Å². The van der Waals surface area contributed by atoms with E-state index in [9.17, 15) is 0 Å². The number of anilines is 3. The Morgan fingerprint density at radius 2 is 0.679 bits per heavy atom. The van der Waals surface area contributed by atoms with Crippen molar-refractivity contribution in [1.29, 1.82) is 0 Å². The minimum Gasteiger partial charge on any atom is -0.310 e. The zero-order valence-corrected chi connectivity index (χ0v) is 31.7. The van der Waals surface area contributed by atoms with Gasteiger partial charge in [-0.15, -0.1) is 0 Å². The lowest BCUT2D eigenvalue weighted by molar-refractivity contribution is 0.660. The van der Waals surface area contributed by atoms with E-state index in [0.717, 1.165) is 17.1 Å². The van der Waals surface area contributed by atoms with Crippen molar-refractivity contribution in [2.75, 3.05) is 4.90 Å². The summed E-state index contributed by atoms with van der Waals surface area (Å²) < 4.78 is 0. The average Bonchev–Trinajstić information content (AvgIpc) is 3.49. The lowest BCUT2D eigenvalue weighted by Crippen LogP contribution is -2.16. The van der Waals surface area contributed by atoms with E-state index in [1.807, 2.05) is 0 Å². The molecule has 0 saturated heterocycles. The highest BCUT2D eigenvalue weighted by Gasteiger charge is 2.36. The molecule has 9 aromatic rings. The van der Waals surface area contributed by atoms with E-state index in [1.165, 1.54) is 77.5 Å². The molecule has 1 heteroatoms. The van der Waals surface area contributed by atoms with Crippen LogP contribution >= 0.6 is 0 Å². The van der Waals surface area contributed by atoms with E-state index >= 15 is 0 Å². The molecule has 266 valence electrons. The van der Waals surface area contributed by atoms with Gasteiger partial charge in [0.1, 0.15) is 0 Å². The Morgan fingerprint density at radius 1 is 0.286 bits per heavy atom. The molecule has 0 bridgehead atoms. The zero-order valence-electron chi connectivity index (χ0n) is 31.7. The maximum absolute atomic E-state index is 2.42. The Kier molecular flexibility index (Phi) is 8.23. The van der Waals surface area contributed by atoms with Crippen LogP contribution in [0.4, 0.5) is 17.1 Å². The minimum absolute atomic E-state index is 0.167. The molecule has 1 aliphatic carbocycles. The standard InChI is InChI=1S/C55H41N/c1-55(2)53-36-47(44-23-21-43(22-24-44)46-26-25-39-13-9-10-14-45(39)35-46)29-33-51(53)52-34-32-50(37-54(52)55)56(48-15-7-4-8-16-48)49-30-27-42(28-31-49)41-19-17-40(18-20-41)38-11-5-3-6-12-38/h3-37H,1-2H3. The predicted molar refractivity (Wildman–Crippen MR) is 238 cm³/mol. The summed E-state index contributed by atoms with van der Waals surface area (Å²) in [6.45, 7) is 4.75. The van der Waals surface area contributed by atoms with Gasteiger partial charge in [0.05, 0.1) is 0 Å². The largest absolute Gasteiger partial charge is 0.310 e. The van der Waals surface area contributed by atoms with Crippen molar-refractivity contribution in [2.24, 2.45) is 0 Å². The highest BCUT2D eigenvalue weighted by Crippen LogP contribution is 2.51. The topological polar surface area (TPSA) is 3.24 Å². The maximum atomic E-state index is 2.42. The van der Waals surface area contributed by atoms with Gasteiger partial charge in [0.15, 0.2) is 0 Å². The van der Waals surface area contributed by atoms with Crippen LogP contribution in [0.2, 0.25) is 0 Å². The number of nitrogens with zero attached hydrogens (tertiary/aromatic N) is 1. The molecule has 0 amide bonds. The summed E-state index contributed by atoms with van der Waals surface area (Å²) in [5.74, 6) is 0. The first kappa shape index (κ1) is 33.6. The average molecular weight is 716 g/mol. The number of benzene rings is 9. The van der Waals surface area contributed by atoms with Crippen molar-refractivity contribution in [1.82, 2.24) is 0 Å². The third-order valence-electron chi connectivity index (χ3n) is 11.7. The Bertz CT molecular complexity index is 2830. The number of rotatable bonds is 7. The van der Waals surface area contributed by atoms with E-state index in [2.05, 4.69) is 231 Å². The molecule has 0 spiro atoms. The first-order chi connectivity index (χ1) is 27.5. The highest BCUT2D eigenvalue weighted by atomic mass is 15.1. The Morgan fingerprint density at radius 3 is 1.30 bits per heavy atom. The number of hydrogen-bond acceptors (Lipinski definition) is 1. The van der Waals surface area contributed by atoms with Crippen LogP contribution in [0.25, 0.3) is 66.4 Å². The molecule has 0 unspecified atom stereocenters. The molecule has 10 rings (SSSR count). The Hall–Kier alpha value is -6.96. The van der Waals surface area contributed by atoms with Gasteiger partial charge >= 0.3 is 0 Å². The fourth-order valence-electron chi connectivity index (χ4n) is 8.58. The van der Waals surface area contributed by atoms with Gasteiger partial charge in [-0.1, -0.05) is 178 Å². The summed E-state index contributed by atoms with van der Waals surface area (Å²) >= 11 is 0. The second-order valence-electron chi connectivity index (χ2n) is 15.4. The number of fused-ring (bicyclic) bond motifs is 4. The van der Waals surface area contributed by atoms with Crippen LogP contribution in [0.5, 0.6) is 0 Å². The smallest absolute Gasteiger partial charge is 0.0465 e. The SMILES string of the molecule is CC1(C)c2cc(-c3ccc(-c4ccc5ccccc5c4)cc3)ccc2-c2ccc(N(c3ccccc3)c3ccc(-c4ccc(-c5ccccc5)cc4)cc3)cc21. The Balaban J connectivity index is 0.950. The first-order valence-electron chi connectivity index (χ1n) is 19.5. The van der Waals surface area contributed by atoms with Gasteiger partial charge in [0.2, 0.25) is 0 Å². The second-order valence-corrected chi connectivity index (χ2v) is 15.4. The van der Waals surface area contributed by atoms with Gasteiger partial charge < -0.3 is 4.90 Å². The molecule has 0 fully saturated rings. The summed E-state index contributed by atoms with van der Waals surface area (Å²) in [6, 6.07) is 77.5. The molecule has 0 radical (unpaired) electrons. The van der Waals surface area contributed by atoms with Gasteiger partial charge in [-0.3, -0.25) is 0 Å².